The number of aliphatic hydroxyl groups excluding tert-OH is 1. The highest BCUT2D eigenvalue weighted by Gasteiger charge is 2.70. The van der Waals surface area contributed by atoms with Crippen molar-refractivity contribution in [3.05, 3.63) is 66.8 Å². The Hall–Kier alpha value is -3.10. The van der Waals surface area contributed by atoms with E-state index in [0.717, 1.165) is 35.7 Å². The van der Waals surface area contributed by atoms with Crippen LogP contribution in [-0.2, 0) is 19.1 Å². The number of fused-ring (bicyclic) bond motifs is 3. The third kappa shape index (κ3) is 4.47. The molecule has 8 heteroatoms. The molecule has 4 aliphatic heterocycles. The number of thioether (sulfide) groups is 1. The van der Waals surface area contributed by atoms with E-state index in [4.69, 9.17) is 4.74 Å². The van der Waals surface area contributed by atoms with Crippen molar-refractivity contribution in [2.75, 3.05) is 31.2 Å². The summed E-state index contributed by atoms with van der Waals surface area (Å²) >= 11 is 1.58. The van der Waals surface area contributed by atoms with Crippen molar-refractivity contribution >= 4 is 46.0 Å². The smallest absolute Gasteiger partial charge is 0.311 e. The second kappa shape index (κ2) is 10.8. The summed E-state index contributed by atoms with van der Waals surface area (Å²) in [5.41, 5.74) is 0.793. The highest BCUT2D eigenvalue weighted by Crippen LogP contribution is 2.60. The van der Waals surface area contributed by atoms with Crippen molar-refractivity contribution < 1.29 is 24.2 Å². The number of likely N-dealkylation sites (tertiary alicyclic amines) is 1. The molecule has 4 aliphatic rings. The minimum Gasteiger partial charge on any atom is -0.465 e. The highest BCUT2D eigenvalue weighted by molar-refractivity contribution is 8.02. The van der Waals surface area contributed by atoms with E-state index in [1.165, 1.54) is 0 Å². The number of carbonyl (C=O) groups is 3. The molecule has 0 saturated carbocycles. The number of cyclic esters (lactones) is 1. The summed E-state index contributed by atoms with van der Waals surface area (Å²) in [6.45, 7) is 1.24. The van der Waals surface area contributed by atoms with Crippen LogP contribution in [0.4, 0.5) is 5.69 Å². The standard InChI is InChI=1S/C31H34N2O5S/c34-18-7-2-6-16-33-27-29(36)32(23-14-13-21-10-4-5-11-22(21)20-23)17-9-15-31(27)26(28(33)35)25-24(39-31)12-3-1-8-19-38-30(25)37/h3-5,9-15,20,24-27,34H,1-2,6-8,16-19H2/b12-3-/t24-,25+,26+,27?,31+/m1/s1. The molecule has 2 amide bonds. The molecule has 1 unspecified atom stereocenters. The number of benzene rings is 2. The molecule has 1 N–H and O–H groups in total. The zero-order valence-corrected chi connectivity index (χ0v) is 22.7. The Morgan fingerprint density at radius 3 is 2.69 bits per heavy atom. The maximum atomic E-state index is 14.5. The number of amides is 2. The Morgan fingerprint density at radius 1 is 1.00 bits per heavy atom. The van der Waals surface area contributed by atoms with Crippen LogP contribution in [-0.4, -0.2) is 70.1 Å². The minimum absolute atomic E-state index is 0.0964. The fourth-order valence-corrected chi connectivity index (χ4v) is 8.64. The van der Waals surface area contributed by atoms with Gasteiger partial charge in [0.1, 0.15) is 6.04 Å². The summed E-state index contributed by atoms with van der Waals surface area (Å²) in [4.78, 5) is 45.6. The van der Waals surface area contributed by atoms with E-state index < -0.39 is 22.6 Å². The third-order valence-electron chi connectivity index (χ3n) is 8.45. The van der Waals surface area contributed by atoms with Crippen LogP contribution in [0.5, 0.6) is 0 Å². The van der Waals surface area contributed by atoms with Crippen molar-refractivity contribution in [1.82, 2.24) is 4.90 Å². The van der Waals surface area contributed by atoms with Gasteiger partial charge in [-0.25, -0.2) is 0 Å². The lowest BCUT2D eigenvalue weighted by molar-refractivity contribution is -0.153. The number of esters is 1. The number of rotatable bonds is 6. The van der Waals surface area contributed by atoms with Gasteiger partial charge < -0.3 is 19.6 Å². The van der Waals surface area contributed by atoms with Crippen LogP contribution in [0, 0.1) is 11.8 Å². The maximum absolute atomic E-state index is 14.5. The second-order valence-corrected chi connectivity index (χ2v) is 12.3. The first kappa shape index (κ1) is 26.1. The third-order valence-corrected chi connectivity index (χ3v) is 10.2. The number of unbranched alkanes of at least 4 members (excludes halogenated alkanes) is 2. The average Bonchev–Trinajstić information content (AvgIpc) is 3.35. The van der Waals surface area contributed by atoms with Crippen LogP contribution in [0.3, 0.4) is 0 Å². The Kier molecular flexibility index (Phi) is 7.25. The van der Waals surface area contributed by atoms with Gasteiger partial charge in [0.25, 0.3) is 5.91 Å². The molecule has 0 aliphatic carbocycles. The number of hydrogen-bond donors (Lipinski definition) is 1. The zero-order valence-electron chi connectivity index (χ0n) is 21.9. The van der Waals surface area contributed by atoms with Gasteiger partial charge in [-0.3, -0.25) is 14.4 Å². The van der Waals surface area contributed by atoms with Crippen LogP contribution in [0.1, 0.15) is 32.1 Å². The largest absolute Gasteiger partial charge is 0.465 e. The highest BCUT2D eigenvalue weighted by atomic mass is 32.2. The molecule has 2 aromatic carbocycles. The Bertz CT molecular complexity index is 1340. The molecule has 7 nitrogen and oxygen atoms in total. The number of allylic oxidation sites excluding steroid dienone is 1. The molecular formula is C31H34N2O5S. The molecule has 1 spiro atoms. The molecule has 0 radical (unpaired) electrons. The molecule has 2 saturated heterocycles. The topological polar surface area (TPSA) is 87.2 Å². The summed E-state index contributed by atoms with van der Waals surface area (Å²) in [6.07, 6.45) is 11.8. The SMILES string of the molecule is O=C1OCCC/C=C\[C@H]2S[C@]34C=CCN(c5ccc6ccccc6c5)C(=O)C3N(CCCCCO)C(=O)[C@@H]4[C@@H]12. The van der Waals surface area contributed by atoms with Gasteiger partial charge in [0.2, 0.25) is 5.91 Å². The number of nitrogens with zero attached hydrogens (tertiary/aromatic N) is 2. The van der Waals surface area contributed by atoms with Crippen molar-refractivity contribution in [2.24, 2.45) is 11.8 Å². The fourth-order valence-electron chi connectivity index (χ4n) is 6.64. The molecule has 0 bridgehead atoms. The molecule has 2 fully saturated rings. The van der Waals surface area contributed by atoms with Crippen LogP contribution in [0.15, 0.2) is 66.8 Å². The lowest BCUT2D eigenvalue weighted by Crippen LogP contribution is -2.53. The summed E-state index contributed by atoms with van der Waals surface area (Å²) in [6, 6.07) is 13.3. The molecule has 2 aromatic rings. The van der Waals surface area contributed by atoms with Gasteiger partial charge in [-0.1, -0.05) is 54.6 Å². The van der Waals surface area contributed by atoms with Crippen molar-refractivity contribution in [3.63, 3.8) is 0 Å². The predicted octanol–water partition coefficient (Wildman–Crippen LogP) is 4.10. The van der Waals surface area contributed by atoms with E-state index in [1.807, 2.05) is 54.6 Å². The van der Waals surface area contributed by atoms with Gasteiger partial charge in [-0.2, -0.15) is 0 Å². The van der Waals surface area contributed by atoms with E-state index in [9.17, 15) is 19.5 Å². The molecule has 204 valence electrons. The van der Waals surface area contributed by atoms with Crippen LogP contribution < -0.4 is 4.90 Å². The van der Waals surface area contributed by atoms with Gasteiger partial charge in [0.05, 0.1) is 23.2 Å². The normalized spacial score (nSPS) is 31.2. The molecular weight excluding hydrogens is 512 g/mol. The van der Waals surface area contributed by atoms with Crippen LogP contribution >= 0.6 is 11.8 Å². The lowest BCUT2D eigenvalue weighted by Gasteiger charge is -2.35. The van der Waals surface area contributed by atoms with Crippen molar-refractivity contribution in [3.8, 4) is 0 Å². The Labute approximate surface area is 232 Å². The monoisotopic (exact) mass is 546 g/mol. The first-order chi connectivity index (χ1) is 19.0. The van der Waals surface area contributed by atoms with Gasteiger partial charge in [0, 0.05) is 30.6 Å². The number of aliphatic hydroxyl groups is 1. The number of anilines is 1. The number of ether oxygens (including phenoxy) is 1. The van der Waals surface area contributed by atoms with Crippen molar-refractivity contribution in [1.29, 1.82) is 0 Å². The Morgan fingerprint density at radius 2 is 1.85 bits per heavy atom. The van der Waals surface area contributed by atoms with Gasteiger partial charge in [-0.15, -0.1) is 11.8 Å². The summed E-state index contributed by atoms with van der Waals surface area (Å²) in [5, 5.41) is 11.2. The van der Waals surface area contributed by atoms with E-state index in [2.05, 4.69) is 12.2 Å². The first-order valence-corrected chi connectivity index (χ1v) is 14.8. The van der Waals surface area contributed by atoms with Crippen LogP contribution in [0.2, 0.25) is 0 Å². The fraction of sp³-hybridized carbons (Fsp3) is 0.452. The minimum atomic E-state index is -0.853. The van der Waals surface area contributed by atoms with Gasteiger partial charge in [-0.05, 0) is 55.0 Å². The van der Waals surface area contributed by atoms with E-state index in [-0.39, 0.29) is 29.6 Å². The van der Waals surface area contributed by atoms with E-state index in [0.29, 0.717) is 32.5 Å². The zero-order chi connectivity index (χ0) is 27.0. The molecule has 4 heterocycles. The summed E-state index contributed by atoms with van der Waals surface area (Å²) in [5.74, 6) is -1.91. The van der Waals surface area contributed by atoms with Crippen molar-refractivity contribution in [2.45, 2.75) is 48.1 Å². The lowest BCUT2D eigenvalue weighted by atomic mass is 9.78. The molecule has 39 heavy (non-hydrogen) atoms. The average molecular weight is 547 g/mol. The van der Waals surface area contributed by atoms with Gasteiger partial charge >= 0.3 is 5.97 Å². The summed E-state index contributed by atoms with van der Waals surface area (Å²) in [7, 11) is 0. The number of hydrogen-bond acceptors (Lipinski definition) is 6. The Balaban J connectivity index is 1.41. The molecule has 5 atom stereocenters. The van der Waals surface area contributed by atoms with E-state index >= 15 is 0 Å². The second-order valence-electron chi connectivity index (χ2n) is 10.8. The van der Waals surface area contributed by atoms with E-state index in [1.54, 1.807) is 21.6 Å². The predicted molar refractivity (Wildman–Crippen MR) is 152 cm³/mol. The van der Waals surface area contributed by atoms with Gasteiger partial charge in [0.15, 0.2) is 0 Å². The maximum Gasteiger partial charge on any atom is 0.311 e. The molecule has 6 rings (SSSR count). The van der Waals surface area contributed by atoms with Crippen LogP contribution in [0.25, 0.3) is 10.8 Å². The molecule has 0 aromatic heterocycles. The quantitative estimate of drug-likeness (QED) is 0.334. The first-order valence-electron chi connectivity index (χ1n) is 14.0. The number of carbonyl (C=O) groups excluding carboxylic acids is 3. The summed E-state index contributed by atoms with van der Waals surface area (Å²) < 4.78 is 4.78.